The topological polar surface area (TPSA) is 54.4 Å². The Kier molecular flexibility index (Phi) is 29.6. The summed E-state index contributed by atoms with van der Waals surface area (Å²) >= 11 is 0. The molecular weight excluding hydrogens is 444 g/mol. The lowest BCUT2D eigenvalue weighted by Crippen LogP contribution is -1.97. The number of hydrogen-bond donors (Lipinski definition) is 1. The first kappa shape index (κ1) is 35.1. The predicted molar refractivity (Wildman–Crippen MR) is 157 cm³/mol. The van der Waals surface area contributed by atoms with Crippen molar-refractivity contribution in [2.75, 3.05) is 0 Å². The first-order valence-corrected chi connectivity index (χ1v) is 16.4. The maximum Gasteiger partial charge on any atom is 0.303 e. The molecule has 0 rings (SSSR count). The lowest BCUT2D eigenvalue weighted by Gasteiger charge is -2.04. The molecule has 0 amide bonds. The van der Waals surface area contributed by atoms with Gasteiger partial charge in [-0.05, 0) is 19.3 Å². The van der Waals surface area contributed by atoms with E-state index in [0.29, 0.717) is 12.2 Å². The van der Waals surface area contributed by atoms with Crippen molar-refractivity contribution in [3.63, 3.8) is 0 Å². The Labute approximate surface area is 226 Å². The molecule has 0 aliphatic heterocycles. The molecule has 1 N–H and O–H groups in total. The average molecular weight is 509 g/mol. The molecule has 0 aromatic carbocycles. The molecule has 214 valence electrons. The predicted octanol–water partition coefficient (Wildman–Crippen LogP) is 11.4. The quantitative estimate of drug-likeness (QED) is 0.0947. The summed E-state index contributed by atoms with van der Waals surface area (Å²) in [6.07, 6.45) is 37.2. The Morgan fingerprint density at radius 2 is 0.583 bits per heavy atom. The molecule has 0 spiro atoms. The zero-order valence-electron chi connectivity index (χ0n) is 24.5. The summed E-state index contributed by atoms with van der Waals surface area (Å²) in [5.41, 5.74) is 0. The Morgan fingerprint density at radius 1 is 0.361 bits per heavy atom. The van der Waals surface area contributed by atoms with Crippen LogP contribution < -0.4 is 0 Å². The van der Waals surface area contributed by atoms with Gasteiger partial charge in [0.05, 0.1) is 0 Å². The van der Waals surface area contributed by atoms with Gasteiger partial charge in [-0.2, -0.15) is 0 Å². The van der Waals surface area contributed by atoms with Crippen LogP contribution in [0, 0.1) is 0 Å². The van der Waals surface area contributed by atoms with Gasteiger partial charge in [0.15, 0.2) is 0 Å². The molecule has 0 heterocycles. The van der Waals surface area contributed by atoms with Gasteiger partial charge in [0.2, 0.25) is 0 Å². The fourth-order valence-electron chi connectivity index (χ4n) is 5.18. The van der Waals surface area contributed by atoms with Crippen molar-refractivity contribution in [3.8, 4) is 0 Å². The van der Waals surface area contributed by atoms with Crippen molar-refractivity contribution in [1.82, 2.24) is 0 Å². The monoisotopic (exact) mass is 508 g/mol. The molecule has 0 bridgehead atoms. The highest BCUT2D eigenvalue weighted by Gasteiger charge is 2.02. The van der Waals surface area contributed by atoms with Crippen LogP contribution in [-0.4, -0.2) is 16.9 Å². The van der Waals surface area contributed by atoms with E-state index in [2.05, 4.69) is 6.92 Å². The van der Waals surface area contributed by atoms with Gasteiger partial charge in [-0.15, -0.1) is 0 Å². The summed E-state index contributed by atoms with van der Waals surface area (Å²) in [5.74, 6) is -0.229. The van der Waals surface area contributed by atoms with Gasteiger partial charge in [0, 0.05) is 19.3 Å². The Morgan fingerprint density at radius 3 is 0.833 bits per heavy atom. The summed E-state index contributed by atoms with van der Waals surface area (Å²) in [6, 6.07) is 0. The standard InChI is InChI=1S/C33H64O3/c1-2-3-4-5-6-7-8-9-10-11-12-13-14-15-16-17-18-20-23-26-29-32(34)30-27-24-21-19-22-25-28-31-33(35)36/h2-31H2,1H3,(H,35,36). The molecule has 3 heteroatoms. The lowest BCUT2D eigenvalue weighted by atomic mass is 10.0. The van der Waals surface area contributed by atoms with E-state index in [9.17, 15) is 9.59 Å². The molecule has 36 heavy (non-hydrogen) atoms. The largest absolute Gasteiger partial charge is 0.481 e. The van der Waals surface area contributed by atoms with Gasteiger partial charge in [-0.3, -0.25) is 9.59 Å². The van der Waals surface area contributed by atoms with Gasteiger partial charge in [-0.25, -0.2) is 0 Å². The van der Waals surface area contributed by atoms with Crippen molar-refractivity contribution in [1.29, 1.82) is 0 Å². The molecule has 0 saturated carbocycles. The van der Waals surface area contributed by atoms with Gasteiger partial charge in [-0.1, -0.05) is 161 Å². The van der Waals surface area contributed by atoms with Crippen LogP contribution in [0.1, 0.15) is 200 Å². The molecule has 3 nitrogen and oxygen atoms in total. The molecule has 0 aromatic heterocycles. The molecule has 0 atom stereocenters. The van der Waals surface area contributed by atoms with Crippen molar-refractivity contribution in [2.45, 2.75) is 200 Å². The molecule has 0 aromatic rings. The molecule has 0 aliphatic rings. The number of unbranched alkanes of at least 4 members (excludes halogenated alkanes) is 25. The fourth-order valence-corrected chi connectivity index (χ4v) is 5.18. The highest BCUT2D eigenvalue weighted by Crippen LogP contribution is 2.16. The second-order valence-electron chi connectivity index (χ2n) is 11.4. The van der Waals surface area contributed by atoms with Crippen molar-refractivity contribution >= 4 is 11.8 Å². The summed E-state index contributed by atoms with van der Waals surface area (Å²) < 4.78 is 0. The van der Waals surface area contributed by atoms with E-state index in [-0.39, 0.29) is 0 Å². The minimum Gasteiger partial charge on any atom is -0.481 e. The molecule has 0 aliphatic carbocycles. The first-order chi connectivity index (χ1) is 17.7. The maximum absolute atomic E-state index is 12.0. The Balaban J connectivity index is 3.14. The Hall–Kier alpha value is -0.860. The smallest absolute Gasteiger partial charge is 0.303 e. The summed E-state index contributed by atoms with van der Waals surface area (Å²) in [7, 11) is 0. The Bertz CT molecular complexity index is 460. The van der Waals surface area contributed by atoms with E-state index in [1.807, 2.05) is 0 Å². The molecule has 0 saturated heterocycles. The normalized spacial score (nSPS) is 11.2. The average Bonchev–Trinajstić information content (AvgIpc) is 2.86. The summed E-state index contributed by atoms with van der Waals surface area (Å²) in [5, 5.41) is 8.61. The number of aliphatic carboxylic acids is 1. The van der Waals surface area contributed by atoms with Crippen molar-refractivity contribution in [2.24, 2.45) is 0 Å². The number of carboxylic acid groups (broad SMARTS) is 1. The molecular formula is C33H64O3. The number of hydrogen-bond acceptors (Lipinski definition) is 2. The van der Waals surface area contributed by atoms with E-state index in [1.54, 1.807) is 0 Å². The molecule has 0 fully saturated rings. The second kappa shape index (κ2) is 30.4. The van der Waals surface area contributed by atoms with Gasteiger partial charge in [0.1, 0.15) is 5.78 Å². The van der Waals surface area contributed by atoms with Crippen LogP contribution in [0.15, 0.2) is 0 Å². The van der Waals surface area contributed by atoms with E-state index < -0.39 is 5.97 Å². The highest BCUT2D eigenvalue weighted by molar-refractivity contribution is 5.78. The van der Waals surface area contributed by atoms with Gasteiger partial charge >= 0.3 is 5.97 Å². The molecule has 0 radical (unpaired) electrons. The van der Waals surface area contributed by atoms with E-state index in [0.717, 1.165) is 51.4 Å². The minimum absolute atomic E-state index is 0.300. The third-order valence-electron chi connectivity index (χ3n) is 7.66. The number of carbonyl (C=O) groups excluding carboxylic acids is 1. The van der Waals surface area contributed by atoms with Gasteiger partial charge in [0.25, 0.3) is 0 Å². The van der Waals surface area contributed by atoms with Crippen LogP contribution in [0.4, 0.5) is 0 Å². The minimum atomic E-state index is -0.686. The maximum atomic E-state index is 12.0. The summed E-state index contributed by atoms with van der Waals surface area (Å²) in [4.78, 5) is 22.5. The second-order valence-corrected chi connectivity index (χ2v) is 11.4. The number of rotatable bonds is 31. The third-order valence-corrected chi connectivity index (χ3v) is 7.66. The number of carboxylic acids is 1. The fraction of sp³-hybridized carbons (Fsp3) is 0.939. The van der Waals surface area contributed by atoms with E-state index >= 15 is 0 Å². The van der Waals surface area contributed by atoms with Crippen LogP contribution in [-0.2, 0) is 9.59 Å². The van der Waals surface area contributed by atoms with Crippen molar-refractivity contribution in [3.05, 3.63) is 0 Å². The zero-order valence-corrected chi connectivity index (χ0v) is 24.5. The van der Waals surface area contributed by atoms with Crippen LogP contribution >= 0.6 is 0 Å². The molecule has 0 unspecified atom stereocenters. The lowest BCUT2D eigenvalue weighted by molar-refractivity contribution is -0.137. The zero-order chi connectivity index (χ0) is 26.4. The van der Waals surface area contributed by atoms with Crippen molar-refractivity contribution < 1.29 is 14.7 Å². The number of ketones is 1. The summed E-state index contributed by atoms with van der Waals surface area (Å²) in [6.45, 7) is 2.29. The SMILES string of the molecule is CCCCCCCCCCCCCCCCCCCCCCC(=O)CCCCCCCCCC(=O)O. The van der Waals surface area contributed by atoms with Crippen LogP contribution in [0.3, 0.4) is 0 Å². The number of Topliss-reactive ketones (excluding diaryl/α,β-unsaturated/α-hetero) is 1. The van der Waals surface area contributed by atoms with Crippen LogP contribution in [0.25, 0.3) is 0 Å². The number of carbonyl (C=O) groups is 2. The third kappa shape index (κ3) is 31.2. The van der Waals surface area contributed by atoms with E-state index in [1.165, 1.54) is 135 Å². The highest BCUT2D eigenvalue weighted by atomic mass is 16.4. The van der Waals surface area contributed by atoms with Crippen LogP contribution in [0.2, 0.25) is 0 Å². The van der Waals surface area contributed by atoms with Crippen LogP contribution in [0.5, 0.6) is 0 Å². The first-order valence-electron chi connectivity index (χ1n) is 16.4. The van der Waals surface area contributed by atoms with Gasteiger partial charge < -0.3 is 5.11 Å². The van der Waals surface area contributed by atoms with E-state index in [4.69, 9.17) is 5.11 Å².